The Kier molecular flexibility index (Phi) is 6.03. The maximum atomic E-state index is 12.0. The lowest BCUT2D eigenvalue weighted by atomic mass is 10.0. The van der Waals surface area contributed by atoms with E-state index in [1.165, 1.54) is 0 Å². The SMILES string of the molecule is CCOc1cc(-c2cc(C)[nH]c(=O)c2C#N)cc(I)c1OCC(N)=O. The van der Waals surface area contributed by atoms with E-state index in [0.717, 1.165) is 0 Å². The van der Waals surface area contributed by atoms with E-state index >= 15 is 0 Å². The number of benzene rings is 1. The quantitative estimate of drug-likeness (QED) is 0.650. The first kappa shape index (κ1) is 18.8. The number of carbonyl (C=O) groups is 1. The summed E-state index contributed by atoms with van der Waals surface area (Å²) in [7, 11) is 0. The molecule has 3 N–H and O–H groups in total. The van der Waals surface area contributed by atoms with Crippen LogP contribution in [0.15, 0.2) is 23.0 Å². The predicted molar refractivity (Wildman–Crippen MR) is 101 cm³/mol. The summed E-state index contributed by atoms with van der Waals surface area (Å²) in [4.78, 5) is 25.6. The third-order valence-electron chi connectivity index (χ3n) is 3.26. The first-order chi connectivity index (χ1) is 11.9. The van der Waals surface area contributed by atoms with Crippen LogP contribution in [-0.2, 0) is 4.79 Å². The molecule has 0 saturated carbocycles. The molecule has 0 bridgehead atoms. The van der Waals surface area contributed by atoms with Gasteiger partial charge in [-0.25, -0.2) is 0 Å². The lowest BCUT2D eigenvalue weighted by molar-refractivity contribution is -0.119. The number of nitrogens with one attached hydrogen (secondary N) is 1. The van der Waals surface area contributed by atoms with Crippen LogP contribution in [-0.4, -0.2) is 24.1 Å². The Morgan fingerprint density at radius 2 is 2.08 bits per heavy atom. The van der Waals surface area contributed by atoms with Crippen molar-refractivity contribution >= 4 is 28.5 Å². The van der Waals surface area contributed by atoms with Crippen molar-refractivity contribution in [2.75, 3.05) is 13.2 Å². The topological polar surface area (TPSA) is 118 Å². The third-order valence-corrected chi connectivity index (χ3v) is 4.06. The molecule has 130 valence electrons. The van der Waals surface area contributed by atoms with Crippen LogP contribution in [0.25, 0.3) is 11.1 Å². The Hall–Kier alpha value is -2.54. The number of carbonyl (C=O) groups excluding carboxylic acids is 1. The number of pyridine rings is 1. The molecule has 0 fully saturated rings. The van der Waals surface area contributed by atoms with Crippen molar-refractivity contribution in [3.8, 4) is 28.7 Å². The second-order valence-electron chi connectivity index (χ2n) is 5.16. The fraction of sp³-hybridized carbons (Fsp3) is 0.235. The Bertz CT molecular complexity index is 915. The molecular formula is C17H16IN3O4. The summed E-state index contributed by atoms with van der Waals surface area (Å²) in [5.41, 5.74) is 6.49. The number of halogens is 1. The number of aromatic nitrogens is 1. The van der Waals surface area contributed by atoms with E-state index < -0.39 is 11.5 Å². The van der Waals surface area contributed by atoms with Crippen LogP contribution in [0.1, 0.15) is 18.2 Å². The van der Waals surface area contributed by atoms with Crippen LogP contribution >= 0.6 is 22.6 Å². The van der Waals surface area contributed by atoms with Crippen LogP contribution in [0.5, 0.6) is 11.5 Å². The highest BCUT2D eigenvalue weighted by molar-refractivity contribution is 14.1. The number of aromatic amines is 1. The van der Waals surface area contributed by atoms with Gasteiger partial charge in [-0.3, -0.25) is 9.59 Å². The smallest absolute Gasteiger partial charge is 0.266 e. The molecule has 0 aliphatic rings. The second kappa shape index (κ2) is 8.02. The molecule has 0 spiro atoms. The summed E-state index contributed by atoms with van der Waals surface area (Å²) in [5.74, 6) is 0.205. The van der Waals surface area contributed by atoms with Gasteiger partial charge in [0.1, 0.15) is 11.6 Å². The van der Waals surface area contributed by atoms with E-state index in [1.807, 2.05) is 35.6 Å². The van der Waals surface area contributed by atoms with Crippen LogP contribution in [0, 0.1) is 21.8 Å². The maximum Gasteiger partial charge on any atom is 0.266 e. The van der Waals surface area contributed by atoms with Crippen molar-refractivity contribution in [3.63, 3.8) is 0 Å². The summed E-state index contributed by atoms with van der Waals surface area (Å²) >= 11 is 2.04. The van der Waals surface area contributed by atoms with Crippen LogP contribution in [0.2, 0.25) is 0 Å². The number of H-pyrrole nitrogens is 1. The number of aryl methyl sites for hydroxylation is 1. The second-order valence-corrected chi connectivity index (χ2v) is 6.32. The molecule has 0 aliphatic carbocycles. The molecule has 0 aliphatic heterocycles. The molecule has 1 aromatic heterocycles. The zero-order valence-corrected chi connectivity index (χ0v) is 15.8. The van der Waals surface area contributed by atoms with E-state index in [4.69, 9.17) is 15.2 Å². The minimum atomic E-state index is -0.598. The Morgan fingerprint density at radius 3 is 2.68 bits per heavy atom. The fourth-order valence-corrected chi connectivity index (χ4v) is 3.05. The van der Waals surface area contributed by atoms with Crippen LogP contribution in [0.3, 0.4) is 0 Å². The van der Waals surface area contributed by atoms with Gasteiger partial charge in [0, 0.05) is 11.3 Å². The van der Waals surface area contributed by atoms with Crippen molar-refractivity contribution in [3.05, 3.63) is 43.4 Å². The van der Waals surface area contributed by atoms with Gasteiger partial charge in [0.05, 0.1) is 10.2 Å². The zero-order valence-electron chi connectivity index (χ0n) is 13.7. The third kappa shape index (κ3) is 4.30. The maximum absolute atomic E-state index is 12.0. The molecule has 1 aromatic carbocycles. The lowest BCUT2D eigenvalue weighted by Gasteiger charge is -2.15. The van der Waals surface area contributed by atoms with E-state index in [1.54, 1.807) is 25.1 Å². The van der Waals surface area contributed by atoms with Crippen molar-refractivity contribution in [2.24, 2.45) is 5.73 Å². The molecule has 2 rings (SSSR count). The van der Waals surface area contributed by atoms with Gasteiger partial charge in [0.2, 0.25) is 0 Å². The fourth-order valence-electron chi connectivity index (χ4n) is 2.30. The molecule has 0 atom stereocenters. The van der Waals surface area contributed by atoms with Gasteiger partial charge in [-0.2, -0.15) is 5.26 Å². The molecule has 1 amide bonds. The van der Waals surface area contributed by atoms with Crippen molar-refractivity contribution in [1.82, 2.24) is 4.98 Å². The average Bonchev–Trinajstić information content (AvgIpc) is 2.53. The van der Waals surface area contributed by atoms with Gasteiger partial charge in [-0.05, 0) is 60.2 Å². The number of nitriles is 1. The molecule has 1 heterocycles. The largest absolute Gasteiger partial charge is 0.490 e. The molecule has 25 heavy (non-hydrogen) atoms. The number of hydrogen-bond donors (Lipinski definition) is 2. The molecule has 0 saturated heterocycles. The van der Waals surface area contributed by atoms with E-state index in [-0.39, 0.29) is 12.2 Å². The predicted octanol–water partition coefficient (Wildman–Crippen LogP) is 2.09. The van der Waals surface area contributed by atoms with Crippen molar-refractivity contribution in [1.29, 1.82) is 5.26 Å². The monoisotopic (exact) mass is 453 g/mol. The Labute approximate surface area is 157 Å². The normalized spacial score (nSPS) is 10.2. The van der Waals surface area contributed by atoms with Crippen LogP contribution in [0.4, 0.5) is 0 Å². The highest BCUT2D eigenvalue weighted by Crippen LogP contribution is 2.38. The first-order valence-corrected chi connectivity index (χ1v) is 8.47. The number of primary amides is 1. The summed E-state index contributed by atoms with van der Waals surface area (Å²) in [6, 6.07) is 7.10. The first-order valence-electron chi connectivity index (χ1n) is 7.39. The van der Waals surface area contributed by atoms with Gasteiger partial charge in [-0.15, -0.1) is 0 Å². The van der Waals surface area contributed by atoms with Gasteiger partial charge >= 0.3 is 0 Å². The molecule has 0 unspecified atom stereocenters. The van der Waals surface area contributed by atoms with Crippen LogP contribution < -0.4 is 20.8 Å². The standard InChI is InChI=1S/C17H16IN3O4/c1-3-24-14-6-10(5-13(18)16(14)25-8-15(20)22)11-4-9(2)21-17(23)12(11)7-19/h4-6H,3,8H2,1-2H3,(H2,20,22)(H,21,23). The number of ether oxygens (including phenoxy) is 2. The van der Waals surface area contributed by atoms with E-state index in [9.17, 15) is 14.9 Å². The summed E-state index contributed by atoms with van der Waals surface area (Å²) in [6.07, 6.45) is 0. The molecular weight excluding hydrogens is 437 g/mol. The Balaban J connectivity index is 2.63. The number of nitrogens with two attached hydrogens (primary N) is 1. The Morgan fingerprint density at radius 1 is 1.36 bits per heavy atom. The summed E-state index contributed by atoms with van der Waals surface area (Å²) in [5, 5.41) is 9.31. The van der Waals surface area contributed by atoms with Gasteiger partial charge in [-0.1, -0.05) is 0 Å². The number of amides is 1. The van der Waals surface area contributed by atoms with Crippen molar-refractivity contribution < 1.29 is 14.3 Å². The van der Waals surface area contributed by atoms with E-state index in [2.05, 4.69) is 4.98 Å². The average molecular weight is 453 g/mol. The molecule has 0 radical (unpaired) electrons. The van der Waals surface area contributed by atoms with Gasteiger partial charge in [0.15, 0.2) is 18.1 Å². The molecule has 7 nitrogen and oxygen atoms in total. The van der Waals surface area contributed by atoms with Gasteiger partial charge < -0.3 is 20.2 Å². The highest BCUT2D eigenvalue weighted by atomic mass is 127. The summed E-state index contributed by atoms with van der Waals surface area (Å²) < 4.78 is 11.7. The minimum Gasteiger partial charge on any atom is -0.490 e. The van der Waals surface area contributed by atoms with E-state index in [0.29, 0.717) is 38.5 Å². The highest BCUT2D eigenvalue weighted by Gasteiger charge is 2.17. The number of nitrogens with zero attached hydrogens (tertiary/aromatic N) is 1. The molecule has 2 aromatic rings. The van der Waals surface area contributed by atoms with Gasteiger partial charge in [0.25, 0.3) is 11.5 Å². The lowest BCUT2D eigenvalue weighted by Crippen LogP contribution is -2.20. The minimum absolute atomic E-state index is 0.0228. The van der Waals surface area contributed by atoms with Crippen molar-refractivity contribution in [2.45, 2.75) is 13.8 Å². The number of rotatable bonds is 6. The zero-order chi connectivity index (χ0) is 18.6. The number of hydrogen-bond acceptors (Lipinski definition) is 5. The molecule has 8 heteroatoms. The summed E-state index contributed by atoms with van der Waals surface area (Å²) in [6.45, 7) is 3.66.